The largest absolute Gasteiger partial charge is 0.513 e. The number of allylic oxidation sites excluding steroid dienone is 6. The molecular formula is C15H15NO3. The van der Waals surface area contributed by atoms with Gasteiger partial charge < -0.3 is 14.4 Å². The monoisotopic (exact) mass is 257 g/mol. The fourth-order valence-electron chi connectivity index (χ4n) is 2.68. The predicted octanol–water partition coefficient (Wildman–Crippen LogP) is 2.88. The molecule has 0 aromatic carbocycles. The lowest BCUT2D eigenvalue weighted by Gasteiger charge is -2.40. The molecule has 0 radical (unpaired) electrons. The van der Waals surface area contributed by atoms with Gasteiger partial charge in [0.05, 0.1) is 13.2 Å². The molecule has 19 heavy (non-hydrogen) atoms. The Morgan fingerprint density at radius 3 is 3.05 bits per heavy atom. The molecule has 0 amide bonds. The number of carbonyl (C=O) groups is 1. The summed E-state index contributed by atoms with van der Waals surface area (Å²) in [6.45, 7) is 0. The Labute approximate surface area is 112 Å². The van der Waals surface area contributed by atoms with Gasteiger partial charge in [0.2, 0.25) is 0 Å². The molecule has 2 aliphatic heterocycles. The summed E-state index contributed by atoms with van der Waals surface area (Å²) >= 11 is 0. The molecule has 3 rings (SSSR count). The van der Waals surface area contributed by atoms with Crippen molar-refractivity contribution in [3.8, 4) is 0 Å². The van der Waals surface area contributed by atoms with E-state index in [1.807, 2.05) is 24.6 Å². The van der Waals surface area contributed by atoms with Crippen molar-refractivity contribution >= 4 is 6.16 Å². The molecule has 0 saturated heterocycles. The number of ether oxygens (including phenoxy) is 2. The van der Waals surface area contributed by atoms with Crippen LogP contribution in [0.15, 0.2) is 60.2 Å². The van der Waals surface area contributed by atoms with Crippen LogP contribution in [0.5, 0.6) is 0 Å². The first-order valence-electron chi connectivity index (χ1n) is 6.26. The lowest BCUT2D eigenvalue weighted by Crippen LogP contribution is -2.41. The van der Waals surface area contributed by atoms with Crippen LogP contribution in [0.25, 0.3) is 0 Å². The van der Waals surface area contributed by atoms with Crippen LogP contribution in [0, 0.1) is 5.92 Å². The molecule has 4 nitrogen and oxygen atoms in total. The number of nitrogens with zero attached hydrogens (tertiary/aromatic N) is 1. The SMILES string of the molecule is COC(=O)OC1=CC=CN2C=CC3=CC=CCC3C12. The molecule has 0 bridgehead atoms. The Balaban J connectivity index is 1.91. The lowest BCUT2D eigenvalue weighted by molar-refractivity contribution is 0.0810. The molecular weight excluding hydrogens is 242 g/mol. The molecule has 2 heterocycles. The molecule has 4 heteroatoms. The predicted molar refractivity (Wildman–Crippen MR) is 70.8 cm³/mol. The number of hydrogen-bond donors (Lipinski definition) is 0. The Morgan fingerprint density at radius 1 is 1.32 bits per heavy atom. The Kier molecular flexibility index (Phi) is 2.99. The maximum absolute atomic E-state index is 11.3. The Morgan fingerprint density at radius 2 is 2.21 bits per heavy atom. The summed E-state index contributed by atoms with van der Waals surface area (Å²) in [4.78, 5) is 13.4. The minimum atomic E-state index is -0.673. The number of rotatable bonds is 1. The average molecular weight is 257 g/mol. The van der Waals surface area contributed by atoms with Gasteiger partial charge in [-0.3, -0.25) is 0 Å². The molecule has 0 aromatic heterocycles. The van der Waals surface area contributed by atoms with Crippen LogP contribution < -0.4 is 0 Å². The lowest BCUT2D eigenvalue weighted by atomic mass is 9.81. The molecule has 0 spiro atoms. The van der Waals surface area contributed by atoms with Crippen molar-refractivity contribution in [3.05, 3.63) is 60.2 Å². The van der Waals surface area contributed by atoms with Gasteiger partial charge in [-0.25, -0.2) is 4.79 Å². The quantitative estimate of drug-likeness (QED) is 0.677. The van der Waals surface area contributed by atoms with Gasteiger partial charge in [-0.2, -0.15) is 0 Å². The van der Waals surface area contributed by atoms with Crippen LogP contribution in [-0.2, 0) is 9.47 Å². The average Bonchev–Trinajstić information content (AvgIpc) is 2.47. The summed E-state index contributed by atoms with van der Waals surface area (Å²) < 4.78 is 9.86. The third-order valence-corrected chi connectivity index (χ3v) is 3.56. The van der Waals surface area contributed by atoms with E-state index < -0.39 is 6.16 Å². The smallest absolute Gasteiger partial charge is 0.437 e. The van der Waals surface area contributed by atoms with E-state index in [2.05, 4.69) is 33.9 Å². The van der Waals surface area contributed by atoms with E-state index >= 15 is 0 Å². The third-order valence-electron chi connectivity index (χ3n) is 3.56. The summed E-state index contributed by atoms with van der Waals surface area (Å²) in [6.07, 6.45) is 16.4. The van der Waals surface area contributed by atoms with E-state index in [1.165, 1.54) is 12.7 Å². The number of methoxy groups -OCH3 is 1. The van der Waals surface area contributed by atoms with Crippen molar-refractivity contribution in [1.29, 1.82) is 0 Å². The molecule has 0 aromatic rings. The molecule has 0 N–H and O–H groups in total. The van der Waals surface area contributed by atoms with Crippen LogP contribution in [0.2, 0.25) is 0 Å². The summed E-state index contributed by atoms with van der Waals surface area (Å²) in [5.74, 6) is 0.931. The number of fused-ring (bicyclic) bond motifs is 3. The molecule has 2 atom stereocenters. The summed E-state index contributed by atoms with van der Waals surface area (Å²) in [7, 11) is 1.31. The van der Waals surface area contributed by atoms with Crippen molar-refractivity contribution in [2.24, 2.45) is 5.92 Å². The van der Waals surface area contributed by atoms with Crippen LogP contribution in [0.3, 0.4) is 0 Å². The van der Waals surface area contributed by atoms with Gasteiger partial charge in [-0.05, 0) is 30.2 Å². The first-order valence-corrected chi connectivity index (χ1v) is 6.26. The van der Waals surface area contributed by atoms with Crippen molar-refractivity contribution in [2.45, 2.75) is 12.5 Å². The van der Waals surface area contributed by atoms with Crippen LogP contribution in [-0.4, -0.2) is 24.2 Å². The van der Waals surface area contributed by atoms with E-state index in [0.29, 0.717) is 11.7 Å². The Bertz CT molecular complexity index is 540. The molecule has 2 unspecified atom stereocenters. The zero-order chi connectivity index (χ0) is 13.2. The van der Waals surface area contributed by atoms with E-state index in [0.717, 1.165) is 6.42 Å². The standard InChI is InChI=1S/C15H15NO3/c1-18-15(17)19-13-7-4-9-16-10-8-11-5-2-3-6-12(11)14(13)16/h2-5,7-10,12,14H,6H2,1H3. The molecule has 1 aliphatic carbocycles. The maximum Gasteiger partial charge on any atom is 0.513 e. The maximum atomic E-state index is 11.3. The normalized spacial score (nSPS) is 27.1. The van der Waals surface area contributed by atoms with E-state index in [4.69, 9.17) is 4.74 Å². The Hall–Kier alpha value is -2.23. The van der Waals surface area contributed by atoms with Gasteiger partial charge in [0.1, 0.15) is 5.76 Å². The van der Waals surface area contributed by atoms with Gasteiger partial charge >= 0.3 is 6.16 Å². The fourth-order valence-corrected chi connectivity index (χ4v) is 2.68. The van der Waals surface area contributed by atoms with Gasteiger partial charge in [-0.15, -0.1) is 0 Å². The first-order chi connectivity index (χ1) is 9.29. The summed E-state index contributed by atoms with van der Waals surface area (Å²) in [5, 5.41) is 0. The summed E-state index contributed by atoms with van der Waals surface area (Å²) in [6, 6.07) is 0.0188. The second-order valence-electron chi connectivity index (χ2n) is 4.61. The highest BCUT2D eigenvalue weighted by atomic mass is 16.7. The van der Waals surface area contributed by atoms with Crippen LogP contribution >= 0.6 is 0 Å². The molecule has 3 aliphatic rings. The van der Waals surface area contributed by atoms with Crippen LogP contribution in [0.1, 0.15) is 6.42 Å². The van der Waals surface area contributed by atoms with Crippen LogP contribution in [0.4, 0.5) is 4.79 Å². The molecule has 0 saturated carbocycles. The van der Waals surface area contributed by atoms with Gasteiger partial charge in [0.15, 0.2) is 0 Å². The highest BCUT2D eigenvalue weighted by molar-refractivity contribution is 5.62. The minimum Gasteiger partial charge on any atom is -0.437 e. The first kappa shape index (κ1) is 11.8. The van der Waals surface area contributed by atoms with Crippen molar-refractivity contribution in [2.75, 3.05) is 7.11 Å². The zero-order valence-electron chi connectivity index (χ0n) is 10.7. The van der Waals surface area contributed by atoms with E-state index in [-0.39, 0.29) is 6.04 Å². The second kappa shape index (κ2) is 4.80. The van der Waals surface area contributed by atoms with Crippen molar-refractivity contribution in [3.63, 3.8) is 0 Å². The zero-order valence-corrected chi connectivity index (χ0v) is 10.7. The van der Waals surface area contributed by atoms with Gasteiger partial charge in [0.25, 0.3) is 0 Å². The number of carbonyl (C=O) groups excluding carboxylic acids is 1. The second-order valence-corrected chi connectivity index (χ2v) is 4.61. The number of hydrogen-bond acceptors (Lipinski definition) is 4. The topological polar surface area (TPSA) is 38.8 Å². The van der Waals surface area contributed by atoms with Gasteiger partial charge in [-0.1, -0.05) is 18.2 Å². The third kappa shape index (κ3) is 2.10. The van der Waals surface area contributed by atoms with Crippen molar-refractivity contribution in [1.82, 2.24) is 4.90 Å². The summed E-state index contributed by atoms with van der Waals surface area (Å²) in [5.41, 5.74) is 1.26. The minimum absolute atomic E-state index is 0.0188. The highest BCUT2D eigenvalue weighted by Crippen LogP contribution is 2.37. The van der Waals surface area contributed by atoms with E-state index in [9.17, 15) is 4.79 Å². The fraction of sp³-hybridized carbons (Fsp3) is 0.267. The van der Waals surface area contributed by atoms with Gasteiger partial charge in [0, 0.05) is 18.3 Å². The highest BCUT2D eigenvalue weighted by Gasteiger charge is 2.36. The van der Waals surface area contributed by atoms with E-state index in [1.54, 1.807) is 0 Å². The molecule has 98 valence electrons. The van der Waals surface area contributed by atoms with Crippen molar-refractivity contribution < 1.29 is 14.3 Å². The molecule has 0 fully saturated rings.